The first-order valence-electron chi connectivity index (χ1n) is 6.94. The molecule has 0 aromatic rings. The van der Waals surface area contributed by atoms with Gasteiger partial charge in [0, 0.05) is 0 Å². The molecule has 0 N–H and O–H groups in total. The average Bonchev–Trinajstić information content (AvgIpc) is 2.96. The van der Waals surface area contributed by atoms with Crippen LogP contribution in [-0.4, -0.2) is 0 Å². The monoisotopic (exact) mass is 204 g/mol. The van der Waals surface area contributed by atoms with Crippen molar-refractivity contribution in [3.05, 3.63) is 11.6 Å². The molecular formula is C15H24. The van der Waals surface area contributed by atoms with E-state index in [-0.39, 0.29) is 0 Å². The molecule has 84 valence electrons. The summed E-state index contributed by atoms with van der Waals surface area (Å²) in [5, 5.41) is 0. The van der Waals surface area contributed by atoms with Crippen molar-refractivity contribution >= 4 is 0 Å². The van der Waals surface area contributed by atoms with Crippen LogP contribution in [0, 0.1) is 23.2 Å². The van der Waals surface area contributed by atoms with Gasteiger partial charge in [-0.05, 0) is 55.8 Å². The van der Waals surface area contributed by atoms with E-state index in [2.05, 4.69) is 19.9 Å². The van der Waals surface area contributed by atoms with E-state index >= 15 is 0 Å². The zero-order valence-corrected chi connectivity index (χ0v) is 10.3. The minimum atomic E-state index is 0.778. The zero-order valence-electron chi connectivity index (χ0n) is 10.3. The molecule has 0 aromatic carbocycles. The maximum absolute atomic E-state index is 2.65. The van der Waals surface area contributed by atoms with Crippen LogP contribution in [0.5, 0.6) is 0 Å². The van der Waals surface area contributed by atoms with E-state index in [1.54, 1.807) is 5.57 Å². The maximum Gasteiger partial charge on any atom is -0.00808 e. The summed E-state index contributed by atoms with van der Waals surface area (Å²) in [4.78, 5) is 0. The van der Waals surface area contributed by atoms with Crippen LogP contribution in [0.25, 0.3) is 0 Å². The lowest BCUT2D eigenvalue weighted by Crippen LogP contribution is -1.89. The minimum Gasteiger partial charge on any atom is -0.0788 e. The van der Waals surface area contributed by atoms with Gasteiger partial charge in [-0.2, -0.15) is 0 Å². The summed E-state index contributed by atoms with van der Waals surface area (Å²) in [5.41, 5.74) is 2.53. The van der Waals surface area contributed by atoms with Crippen LogP contribution >= 0.6 is 0 Å². The number of fused-ring (bicyclic) bond motifs is 1. The quantitative estimate of drug-likeness (QED) is 0.439. The zero-order chi connectivity index (χ0) is 10.5. The molecule has 3 saturated carbocycles. The summed E-state index contributed by atoms with van der Waals surface area (Å²) in [7, 11) is 0. The van der Waals surface area contributed by atoms with Crippen LogP contribution in [-0.2, 0) is 0 Å². The molecule has 0 saturated heterocycles. The molecule has 0 heterocycles. The fourth-order valence-corrected chi connectivity index (χ4v) is 3.32. The van der Waals surface area contributed by atoms with Crippen LogP contribution in [0.1, 0.15) is 58.8 Å². The summed E-state index contributed by atoms with van der Waals surface area (Å²) >= 11 is 0. The van der Waals surface area contributed by atoms with Crippen LogP contribution in [0.3, 0.4) is 0 Å². The molecule has 0 bridgehead atoms. The fraction of sp³-hybridized carbons (Fsp3) is 0.867. The lowest BCUT2D eigenvalue weighted by atomic mass is 10.0. The first-order chi connectivity index (χ1) is 7.25. The van der Waals surface area contributed by atoms with Crippen LogP contribution in [0.2, 0.25) is 0 Å². The average molecular weight is 204 g/mol. The smallest absolute Gasteiger partial charge is 0.00808 e. The van der Waals surface area contributed by atoms with Gasteiger partial charge >= 0.3 is 0 Å². The molecule has 3 aliphatic carbocycles. The SMILES string of the molecule is CCCCCC1CC1C(C)=CC12CC1C2. The Balaban J connectivity index is 1.43. The molecule has 0 heteroatoms. The van der Waals surface area contributed by atoms with Crippen molar-refractivity contribution in [2.75, 3.05) is 0 Å². The second kappa shape index (κ2) is 3.37. The first kappa shape index (κ1) is 9.93. The molecule has 0 amide bonds. The highest BCUT2D eigenvalue weighted by atomic mass is 14.7. The Labute approximate surface area is 94.1 Å². The van der Waals surface area contributed by atoms with Gasteiger partial charge in [-0.3, -0.25) is 0 Å². The molecule has 3 fully saturated rings. The molecule has 0 spiro atoms. The molecule has 2 atom stereocenters. The van der Waals surface area contributed by atoms with Crippen molar-refractivity contribution in [1.29, 1.82) is 0 Å². The van der Waals surface area contributed by atoms with E-state index in [4.69, 9.17) is 0 Å². The standard InChI is InChI=1S/C15H24/c1-3-4-5-6-12-7-14(12)11(2)8-15-9-13(15)10-15/h8,12-14H,3-7,9-10H2,1-2H3. The second-order valence-corrected chi connectivity index (χ2v) is 6.32. The summed E-state index contributed by atoms with van der Waals surface area (Å²) in [6, 6.07) is 0. The van der Waals surface area contributed by atoms with Crippen molar-refractivity contribution in [3.63, 3.8) is 0 Å². The third kappa shape index (κ3) is 1.88. The summed E-state index contributed by atoms with van der Waals surface area (Å²) < 4.78 is 0. The number of unbranched alkanes of at least 4 members (excludes halogenated alkanes) is 2. The van der Waals surface area contributed by atoms with E-state index in [0.29, 0.717) is 0 Å². The lowest BCUT2D eigenvalue weighted by Gasteiger charge is -2.02. The van der Waals surface area contributed by atoms with Crippen molar-refractivity contribution in [2.45, 2.75) is 58.8 Å². The Kier molecular flexibility index (Phi) is 2.23. The Morgan fingerprint density at radius 1 is 1.33 bits per heavy atom. The topological polar surface area (TPSA) is 0 Å². The predicted octanol–water partition coefficient (Wildman–Crippen LogP) is 4.56. The number of rotatable bonds is 6. The molecule has 0 aromatic heterocycles. The normalized spacial score (nSPS) is 46.3. The molecule has 0 aliphatic heterocycles. The largest absolute Gasteiger partial charge is 0.0788 e. The van der Waals surface area contributed by atoms with Gasteiger partial charge in [0.05, 0.1) is 0 Å². The van der Waals surface area contributed by atoms with Gasteiger partial charge in [0.25, 0.3) is 0 Å². The molecule has 2 unspecified atom stereocenters. The number of hydrogen-bond acceptors (Lipinski definition) is 0. The van der Waals surface area contributed by atoms with E-state index in [9.17, 15) is 0 Å². The van der Waals surface area contributed by atoms with Crippen molar-refractivity contribution in [1.82, 2.24) is 0 Å². The molecule has 0 nitrogen and oxygen atoms in total. The van der Waals surface area contributed by atoms with E-state index < -0.39 is 0 Å². The maximum atomic E-state index is 2.65. The molecule has 15 heavy (non-hydrogen) atoms. The van der Waals surface area contributed by atoms with Gasteiger partial charge < -0.3 is 0 Å². The number of hydrogen-bond donors (Lipinski definition) is 0. The molecular weight excluding hydrogens is 180 g/mol. The Bertz CT molecular complexity index is 280. The van der Waals surface area contributed by atoms with Gasteiger partial charge in [0.2, 0.25) is 0 Å². The van der Waals surface area contributed by atoms with Crippen LogP contribution in [0.15, 0.2) is 11.6 Å². The fourth-order valence-electron chi connectivity index (χ4n) is 3.32. The summed E-state index contributed by atoms with van der Waals surface area (Å²) in [6.45, 7) is 4.70. The third-order valence-electron chi connectivity index (χ3n) is 4.95. The third-order valence-corrected chi connectivity index (χ3v) is 4.95. The summed E-state index contributed by atoms with van der Waals surface area (Å²) in [6.07, 6.45) is 13.0. The van der Waals surface area contributed by atoms with E-state index in [1.807, 2.05) is 0 Å². The van der Waals surface area contributed by atoms with Crippen LogP contribution in [0.4, 0.5) is 0 Å². The lowest BCUT2D eigenvalue weighted by molar-refractivity contribution is 0.598. The van der Waals surface area contributed by atoms with Gasteiger partial charge in [0.1, 0.15) is 0 Å². The Morgan fingerprint density at radius 2 is 2.07 bits per heavy atom. The highest BCUT2D eigenvalue weighted by Gasteiger charge is 2.68. The van der Waals surface area contributed by atoms with Crippen molar-refractivity contribution < 1.29 is 0 Å². The highest BCUT2D eigenvalue weighted by Crippen LogP contribution is 2.76. The highest BCUT2D eigenvalue weighted by molar-refractivity contribution is 5.32. The van der Waals surface area contributed by atoms with Gasteiger partial charge in [-0.15, -0.1) is 0 Å². The summed E-state index contributed by atoms with van der Waals surface area (Å²) in [5.74, 6) is 3.20. The van der Waals surface area contributed by atoms with Crippen LogP contribution < -0.4 is 0 Å². The van der Waals surface area contributed by atoms with Gasteiger partial charge in [0.15, 0.2) is 0 Å². The van der Waals surface area contributed by atoms with Crippen molar-refractivity contribution in [2.24, 2.45) is 23.2 Å². The first-order valence-corrected chi connectivity index (χ1v) is 6.94. The molecule has 3 aliphatic rings. The minimum absolute atomic E-state index is 0.778. The Hall–Kier alpha value is -0.260. The van der Waals surface area contributed by atoms with Gasteiger partial charge in [-0.1, -0.05) is 37.8 Å². The van der Waals surface area contributed by atoms with E-state index in [0.717, 1.165) is 23.2 Å². The molecule has 0 radical (unpaired) electrons. The molecule has 3 rings (SSSR count). The predicted molar refractivity (Wildman–Crippen MR) is 64.7 cm³/mol. The van der Waals surface area contributed by atoms with Gasteiger partial charge in [-0.25, -0.2) is 0 Å². The van der Waals surface area contributed by atoms with Crippen molar-refractivity contribution in [3.8, 4) is 0 Å². The Morgan fingerprint density at radius 3 is 2.67 bits per heavy atom. The second-order valence-electron chi connectivity index (χ2n) is 6.32. The number of allylic oxidation sites excluding steroid dienone is 2. The van der Waals surface area contributed by atoms with E-state index in [1.165, 1.54) is 44.9 Å².